The zero-order valence-corrected chi connectivity index (χ0v) is 12.7. The first-order chi connectivity index (χ1) is 10.0. The van der Waals surface area contributed by atoms with Gasteiger partial charge in [0, 0.05) is 6.54 Å². The third kappa shape index (κ3) is 4.20. The highest BCUT2D eigenvalue weighted by molar-refractivity contribution is 5.78. The third-order valence-electron chi connectivity index (χ3n) is 3.51. The van der Waals surface area contributed by atoms with Gasteiger partial charge in [-0.3, -0.25) is 10.1 Å². The van der Waals surface area contributed by atoms with Crippen LogP contribution in [0.15, 0.2) is 18.2 Å². The van der Waals surface area contributed by atoms with E-state index in [1.807, 2.05) is 0 Å². The topological polar surface area (TPSA) is 69.6 Å². The van der Waals surface area contributed by atoms with Crippen LogP contribution >= 0.6 is 0 Å². The number of benzene rings is 1. The Morgan fingerprint density at radius 1 is 1.32 bits per heavy atom. The molecule has 0 aliphatic rings. The van der Waals surface area contributed by atoms with Crippen molar-refractivity contribution in [2.75, 3.05) is 6.61 Å². The predicted octanol–water partition coefficient (Wildman–Crippen LogP) is 2.75. The van der Waals surface area contributed by atoms with Crippen LogP contribution in [-0.4, -0.2) is 28.3 Å². The van der Waals surface area contributed by atoms with E-state index in [9.17, 15) is 18.0 Å². The average molecular weight is 319 g/mol. The quantitative estimate of drug-likeness (QED) is 0.754. The lowest BCUT2D eigenvalue weighted by molar-refractivity contribution is -0.146. The molecule has 1 rings (SSSR count). The molecule has 0 saturated carbocycles. The van der Waals surface area contributed by atoms with Gasteiger partial charge in [-0.2, -0.15) is 13.2 Å². The Kier molecular flexibility index (Phi) is 5.59. The number of hydrogen-bond donors (Lipinski definition) is 3. The van der Waals surface area contributed by atoms with Crippen LogP contribution in [0, 0.1) is 0 Å². The standard InChI is InChI=1S/C15H20F3NO3/c1-9(2)11-6-10(4-5-12(11)15(16,17)18)7-19-14(3,8-20)13(21)22/h4-6,9,19-20H,7-8H2,1-3H3,(H,21,22)/t14-/m0/s1. The van der Waals surface area contributed by atoms with Crippen LogP contribution in [0.5, 0.6) is 0 Å². The molecule has 0 unspecified atom stereocenters. The number of alkyl halides is 3. The summed E-state index contributed by atoms with van der Waals surface area (Å²) < 4.78 is 38.8. The summed E-state index contributed by atoms with van der Waals surface area (Å²) in [4.78, 5) is 11.1. The molecule has 0 heterocycles. The second-order valence-corrected chi connectivity index (χ2v) is 5.72. The van der Waals surface area contributed by atoms with Crippen LogP contribution in [0.1, 0.15) is 43.4 Å². The van der Waals surface area contributed by atoms with Crippen molar-refractivity contribution in [1.29, 1.82) is 0 Å². The van der Waals surface area contributed by atoms with E-state index in [4.69, 9.17) is 10.2 Å². The van der Waals surface area contributed by atoms with E-state index >= 15 is 0 Å². The number of carboxylic acids is 1. The fourth-order valence-electron chi connectivity index (χ4n) is 1.95. The molecule has 22 heavy (non-hydrogen) atoms. The molecule has 1 atom stereocenters. The number of hydrogen-bond acceptors (Lipinski definition) is 3. The molecule has 3 N–H and O–H groups in total. The Bertz CT molecular complexity index is 543. The summed E-state index contributed by atoms with van der Waals surface area (Å²) in [5.74, 6) is -1.55. The van der Waals surface area contributed by atoms with Crippen LogP contribution < -0.4 is 5.32 Å². The third-order valence-corrected chi connectivity index (χ3v) is 3.51. The molecule has 1 aromatic carbocycles. The molecule has 0 radical (unpaired) electrons. The highest BCUT2D eigenvalue weighted by Gasteiger charge is 2.34. The van der Waals surface area contributed by atoms with Crippen molar-refractivity contribution < 1.29 is 28.2 Å². The maximum Gasteiger partial charge on any atom is 0.416 e. The molecule has 0 fully saturated rings. The van der Waals surface area contributed by atoms with Crippen LogP contribution in [0.25, 0.3) is 0 Å². The van der Waals surface area contributed by atoms with Crippen molar-refractivity contribution in [1.82, 2.24) is 5.32 Å². The molecule has 0 amide bonds. The summed E-state index contributed by atoms with van der Waals surface area (Å²) in [6.07, 6.45) is -4.42. The van der Waals surface area contributed by atoms with Crippen molar-refractivity contribution >= 4 is 5.97 Å². The number of rotatable bonds is 6. The van der Waals surface area contributed by atoms with Crippen LogP contribution in [0.3, 0.4) is 0 Å². The van der Waals surface area contributed by atoms with Gasteiger partial charge in [0.2, 0.25) is 0 Å². The molecule has 0 saturated heterocycles. The maximum absolute atomic E-state index is 12.9. The number of aliphatic carboxylic acids is 1. The van der Waals surface area contributed by atoms with E-state index in [2.05, 4.69) is 5.32 Å². The Morgan fingerprint density at radius 3 is 2.32 bits per heavy atom. The van der Waals surface area contributed by atoms with Gasteiger partial charge in [0.15, 0.2) is 0 Å². The first-order valence-corrected chi connectivity index (χ1v) is 6.80. The van der Waals surface area contributed by atoms with Gasteiger partial charge in [-0.1, -0.05) is 26.0 Å². The molecule has 7 heteroatoms. The summed E-state index contributed by atoms with van der Waals surface area (Å²) in [5.41, 5.74) is -1.54. The van der Waals surface area contributed by atoms with Crippen LogP contribution in [0.2, 0.25) is 0 Å². The molecular weight excluding hydrogens is 299 g/mol. The van der Waals surface area contributed by atoms with Crippen molar-refractivity contribution in [3.63, 3.8) is 0 Å². The average Bonchev–Trinajstić information content (AvgIpc) is 2.43. The molecular formula is C15H20F3NO3. The first-order valence-electron chi connectivity index (χ1n) is 6.80. The zero-order chi connectivity index (χ0) is 17.1. The van der Waals surface area contributed by atoms with Gasteiger partial charge >= 0.3 is 12.1 Å². The van der Waals surface area contributed by atoms with Crippen molar-refractivity contribution in [3.05, 3.63) is 34.9 Å². The lowest BCUT2D eigenvalue weighted by Gasteiger charge is -2.24. The number of aliphatic hydroxyl groups is 1. The SMILES string of the molecule is CC(C)c1cc(CN[C@@](C)(CO)C(=O)O)ccc1C(F)(F)F. The van der Waals surface area contributed by atoms with E-state index in [0.29, 0.717) is 5.56 Å². The second-order valence-electron chi connectivity index (χ2n) is 5.72. The van der Waals surface area contributed by atoms with Gasteiger partial charge < -0.3 is 10.2 Å². The first kappa shape index (κ1) is 18.4. The fourth-order valence-corrected chi connectivity index (χ4v) is 1.95. The van der Waals surface area contributed by atoms with E-state index in [-0.39, 0.29) is 18.0 Å². The van der Waals surface area contributed by atoms with E-state index in [1.54, 1.807) is 13.8 Å². The van der Waals surface area contributed by atoms with Gasteiger partial charge in [-0.05, 0) is 30.0 Å². The van der Waals surface area contributed by atoms with Crippen molar-refractivity contribution in [2.24, 2.45) is 0 Å². The smallest absolute Gasteiger partial charge is 0.416 e. The summed E-state index contributed by atoms with van der Waals surface area (Å²) >= 11 is 0. The Labute approximate surface area is 127 Å². The van der Waals surface area contributed by atoms with Gasteiger partial charge in [0.05, 0.1) is 12.2 Å². The lowest BCUT2D eigenvalue weighted by atomic mass is 9.94. The second kappa shape index (κ2) is 6.66. The van der Waals surface area contributed by atoms with Crippen molar-refractivity contribution in [3.8, 4) is 0 Å². The summed E-state index contributed by atoms with van der Waals surface area (Å²) in [6, 6.07) is 3.73. The normalized spacial score (nSPS) is 14.9. The number of carboxylic acid groups (broad SMARTS) is 1. The summed E-state index contributed by atoms with van der Waals surface area (Å²) in [5, 5.41) is 20.8. The molecule has 0 aromatic heterocycles. The maximum atomic E-state index is 12.9. The number of nitrogens with one attached hydrogen (secondary N) is 1. The molecule has 4 nitrogen and oxygen atoms in total. The fraction of sp³-hybridized carbons (Fsp3) is 0.533. The van der Waals surface area contributed by atoms with Crippen LogP contribution in [0.4, 0.5) is 13.2 Å². The Hall–Kier alpha value is -1.60. The molecule has 0 spiro atoms. The zero-order valence-electron chi connectivity index (χ0n) is 12.7. The van der Waals surface area contributed by atoms with E-state index in [1.165, 1.54) is 19.1 Å². The molecule has 0 aliphatic carbocycles. The predicted molar refractivity (Wildman–Crippen MR) is 75.5 cm³/mol. The molecule has 0 bridgehead atoms. The van der Waals surface area contributed by atoms with Gasteiger partial charge in [-0.25, -0.2) is 0 Å². The minimum Gasteiger partial charge on any atom is -0.480 e. The minimum atomic E-state index is -4.42. The van der Waals surface area contributed by atoms with Crippen molar-refractivity contribution in [2.45, 2.75) is 44.9 Å². The largest absolute Gasteiger partial charge is 0.480 e. The summed E-state index contributed by atoms with van der Waals surface area (Å²) in [6.45, 7) is 4.05. The number of carbonyl (C=O) groups is 1. The van der Waals surface area contributed by atoms with Gasteiger partial charge in [-0.15, -0.1) is 0 Å². The van der Waals surface area contributed by atoms with E-state index in [0.717, 1.165) is 6.07 Å². The lowest BCUT2D eigenvalue weighted by Crippen LogP contribution is -2.52. The van der Waals surface area contributed by atoms with Gasteiger partial charge in [0.25, 0.3) is 0 Å². The van der Waals surface area contributed by atoms with Gasteiger partial charge in [0.1, 0.15) is 5.54 Å². The molecule has 124 valence electrons. The molecule has 1 aromatic rings. The summed E-state index contributed by atoms with van der Waals surface area (Å²) in [7, 11) is 0. The monoisotopic (exact) mass is 319 g/mol. The van der Waals surface area contributed by atoms with E-state index < -0.39 is 29.9 Å². The minimum absolute atomic E-state index is 0.0429. The number of aliphatic hydroxyl groups excluding tert-OH is 1. The Balaban J connectivity index is 3.04. The Morgan fingerprint density at radius 2 is 1.91 bits per heavy atom. The highest BCUT2D eigenvalue weighted by Crippen LogP contribution is 2.35. The highest BCUT2D eigenvalue weighted by atomic mass is 19.4. The molecule has 0 aliphatic heterocycles. The van der Waals surface area contributed by atoms with Crippen LogP contribution in [-0.2, 0) is 17.5 Å². The number of halogens is 3.